The maximum absolute atomic E-state index is 6.31. The number of nitrogens with zero attached hydrogens (tertiary/aromatic N) is 3. The molecule has 1 saturated heterocycles. The summed E-state index contributed by atoms with van der Waals surface area (Å²) in [4.78, 5) is 11.8. The van der Waals surface area contributed by atoms with Gasteiger partial charge >= 0.3 is 0 Å². The Morgan fingerprint density at radius 2 is 1.72 bits per heavy atom. The van der Waals surface area contributed by atoms with Crippen LogP contribution < -0.4 is 10.6 Å². The van der Waals surface area contributed by atoms with Crippen LogP contribution in [-0.4, -0.2) is 23.1 Å². The van der Waals surface area contributed by atoms with Gasteiger partial charge in [0.1, 0.15) is 5.82 Å². The number of hydrogen-bond acceptors (Lipinski definition) is 4. The zero-order chi connectivity index (χ0) is 17.2. The smallest absolute Gasteiger partial charge is 0.147 e. The van der Waals surface area contributed by atoms with Gasteiger partial charge in [-0.15, -0.1) is 0 Å². The first-order valence-electron chi connectivity index (χ1n) is 8.75. The molecule has 2 aromatic carbocycles. The van der Waals surface area contributed by atoms with E-state index >= 15 is 0 Å². The van der Waals surface area contributed by atoms with Crippen molar-refractivity contribution in [3.05, 3.63) is 53.2 Å². The maximum Gasteiger partial charge on any atom is 0.147 e. The molecule has 4 nitrogen and oxygen atoms in total. The summed E-state index contributed by atoms with van der Waals surface area (Å²) in [6.07, 6.45) is 5.65. The molecule has 1 fully saturated rings. The van der Waals surface area contributed by atoms with E-state index in [0.717, 1.165) is 46.6 Å². The molecular formula is C20H21ClN4. The highest BCUT2D eigenvalue weighted by Gasteiger charge is 2.13. The highest BCUT2D eigenvalue weighted by atomic mass is 35.5. The fourth-order valence-electron chi connectivity index (χ4n) is 3.35. The van der Waals surface area contributed by atoms with Gasteiger partial charge in [-0.05, 0) is 54.2 Å². The van der Waals surface area contributed by atoms with Crippen LogP contribution in [0.2, 0.25) is 5.02 Å². The van der Waals surface area contributed by atoms with E-state index in [9.17, 15) is 0 Å². The zero-order valence-electron chi connectivity index (χ0n) is 14.1. The van der Waals surface area contributed by atoms with Crippen LogP contribution in [0.15, 0.2) is 42.6 Å². The van der Waals surface area contributed by atoms with E-state index in [1.165, 1.54) is 19.3 Å². The SMILES string of the molecule is NCc1ccc(-c2ccc3ncc(N4CCCCC4)nc3c2)cc1Cl. The Bertz CT molecular complexity index is 903. The second-order valence-electron chi connectivity index (χ2n) is 6.49. The van der Waals surface area contributed by atoms with Crippen molar-refractivity contribution < 1.29 is 0 Å². The summed E-state index contributed by atoms with van der Waals surface area (Å²) in [6, 6.07) is 12.2. The number of anilines is 1. The molecule has 0 saturated carbocycles. The molecule has 4 rings (SSSR count). The van der Waals surface area contributed by atoms with Gasteiger partial charge in [0.15, 0.2) is 0 Å². The molecule has 3 aromatic rings. The molecule has 25 heavy (non-hydrogen) atoms. The lowest BCUT2D eigenvalue weighted by Gasteiger charge is -2.27. The van der Waals surface area contributed by atoms with E-state index in [0.29, 0.717) is 11.6 Å². The second kappa shape index (κ2) is 6.98. The molecule has 0 aliphatic carbocycles. The fourth-order valence-corrected chi connectivity index (χ4v) is 3.61. The summed E-state index contributed by atoms with van der Waals surface area (Å²) in [5, 5.41) is 0.702. The van der Waals surface area contributed by atoms with E-state index in [-0.39, 0.29) is 0 Å². The molecule has 0 atom stereocenters. The number of aromatic nitrogens is 2. The summed E-state index contributed by atoms with van der Waals surface area (Å²) in [6.45, 7) is 2.58. The second-order valence-corrected chi connectivity index (χ2v) is 6.90. The van der Waals surface area contributed by atoms with Crippen LogP contribution in [0.5, 0.6) is 0 Å². The van der Waals surface area contributed by atoms with Gasteiger partial charge in [-0.25, -0.2) is 4.98 Å². The normalized spacial score (nSPS) is 14.9. The molecule has 0 spiro atoms. The molecule has 0 unspecified atom stereocenters. The number of nitrogens with two attached hydrogens (primary N) is 1. The first-order valence-corrected chi connectivity index (χ1v) is 9.13. The number of rotatable bonds is 3. The largest absolute Gasteiger partial charge is 0.355 e. The molecule has 0 amide bonds. The minimum atomic E-state index is 0.446. The van der Waals surface area contributed by atoms with Crippen LogP contribution >= 0.6 is 11.6 Å². The molecule has 1 aliphatic rings. The number of fused-ring (bicyclic) bond motifs is 1. The van der Waals surface area contributed by atoms with E-state index in [2.05, 4.69) is 28.1 Å². The predicted octanol–water partition coefficient (Wildman–Crippen LogP) is 4.40. The van der Waals surface area contributed by atoms with Crippen molar-refractivity contribution in [2.24, 2.45) is 5.73 Å². The summed E-state index contributed by atoms with van der Waals surface area (Å²) < 4.78 is 0. The quantitative estimate of drug-likeness (QED) is 0.759. The zero-order valence-corrected chi connectivity index (χ0v) is 14.8. The Labute approximate surface area is 152 Å². The summed E-state index contributed by atoms with van der Waals surface area (Å²) in [5.41, 5.74) is 10.6. The average Bonchev–Trinajstić information content (AvgIpc) is 2.67. The molecule has 128 valence electrons. The van der Waals surface area contributed by atoms with E-state index in [1.54, 1.807) is 0 Å². The van der Waals surface area contributed by atoms with Gasteiger partial charge in [0.05, 0.1) is 17.2 Å². The summed E-state index contributed by atoms with van der Waals surface area (Å²) in [7, 11) is 0. The van der Waals surface area contributed by atoms with Crippen molar-refractivity contribution >= 4 is 28.5 Å². The molecule has 0 bridgehead atoms. The first-order chi connectivity index (χ1) is 12.2. The average molecular weight is 353 g/mol. The number of benzene rings is 2. The van der Waals surface area contributed by atoms with E-state index in [4.69, 9.17) is 22.3 Å². The van der Waals surface area contributed by atoms with Crippen LogP contribution in [0.1, 0.15) is 24.8 Å². The lowest BCUT2D eigenvalue weighted by Crippen LogP contribution is -2.30. The van der Waals surface area contributed by atoms with Crippen LogP contribution in [0.4, 0.5) is 5.82 Å². The third kappa shape index (κ3) is 3.32. The summed E-state index contributed by atoms with van der Waals surface area (Å²) >= 11 is 6.31. The van der Waals surface area contributed by atoms with Crippen LogP contribution in [0.25, 0.3) is 22.2 Å². The monoisotopic (exact) mass is 352 g/mol. The fraction of sp³-hybridized carbons (Fsp3) is 0.300. The minimum absolute atomic E-state index is 0.446. The van der Waals surface area contributed by atoms with E-state index < -0.39 is 0 Å². The van der Waals surface area contributed by atoms with Gasteiger partial charge in [-0.1, -0.05) is 29.8 Å². The van der Waals surface area contributed by atoms with Crippen molar-refractivity contribution in [2.75, 3.05) is 18.0 Å². The lowest BCUT2D eigenvalue weighted by atomic mass is 10.0. The molecule has 5 heteroatoms. The first kappa shape index (κ1) is 16.3. The van der Waals surface area contributed by atoms with Crippen molar-refractivity contribution in [2.45, 2.75) is 25.8 Å². The summed E-state index contributed by atoms with van der Waals surface area (Å²) in [5.74, 6) is 0.973. The van der Waals surface area contributed by atoms with Gasteiger partial charge in [-0.2, -0.15) is 0 Å². The molecule has 2 N–H and O–H groups in total. The van der Waals surface area contributed by atoms with Crippen molar-refractivity contribution in [1.82, 2.24) is 9.97 Å². The Kier molecular flexibility index (Phi) is 4.55. The lowest BCUT2D eigenvalue weighted by molar-refractivity contribution is 0.573. The number of piperidine rings is 1. The van der Waals surface area contributed by atoms with Gasteiger partial charge in [-0.3, -0.25) is 4.98 Å². The molecule has 2 heterocycles. The maximum atomic E-state index is 6.31. The minimum Gasteiger partial charge on any atom is -0.355 e. The van der Waals surface area contributed by atoms with Crippen LogP contribution in [0, 0.1) is 0 Å². The third-order valence-corrected chi connectivity index (χ3v) is 5.17. The van der Waals surface area contributed by atoms with Gasteiger partial charge in [0.2, 0.25) is 0 Å². The Morgan fingerprint density at radius 3 is 2.48 bits per heavy atom. The predicted molar refractivity (Wildman–Crippen MR) is 104 cm³/mol. The third-order valence-electron chi connectivity index (χ3n) is 4.82. The van der Waals surface area contributed by atoms with Gasteiger partial charge < -0.3 is 10.6 Å². The van der Waals surface area contributed by atoms with Crippen LogP contribution in [-0.2, 0) is 6.54 Å². The number of halogens is 1. The molecule has 1 aliphatic heterocycles. The van der Waals surface area contributed by atoms with Gasteiger partial charge in [0, 0.05) is 24.7 Å². The Hall–Kier alpha value is -2.17. The van der Waals surface area contributed by atoms with Crippen molar-refractivity contribution in [3.63, 3.8) is 0 Å². The van der Waals surface area contributed by atoms with Crippen molar-refractivity contribution in [3.8, 4) is 11.1 Å². The topological polar surface area (TPSA) is 55.0 Å². The highest BCUT2D eigenvalue weighted by molar-refractivity contribution is 6.31. The molecular weight excluding hydrogens is 332 g/mol. The Balaban J connectivity index is 1.72. The van der Waals surface area contributed by atoms with Crippen LogP contribution in [0.3, 0.4) is 0 Å². The van der Waals surface area contributed by atoms with Crippen molar-refractivity contribution in [1.29, 1.82) is 0 Å². The number of hydrogen-bond donors (Lipinski definition) is 1. The Morgan fingerprint density at radius 1 is 0.960 bits per heavy atom. The molecule has 0 radical (unpaired) electrons. The standard InChI is InChI=1S/C20H21ClN4/c21-17-10-14(4-5-16(17)12-22)15-6-7-18-19(11-15)24-20(13-23-18)25-8-2-1-3-9-25/h4-7,10-11,13H,1-3,8-9,12,22H2. The van der Waals surface area contributed by atoms with E-state index in [1.807, 2.05) is 24.4 Å². The van der Waals surface area contributed by atoms with Gasteiger partial charge in [0.25, 0.3) is 0 Å². The molecule has 1 aromatic heterocycles. The highest BCUT2D eigenvalue weighted by Crippen LogP contribution is 2.28.